The highest BCUT2D eigenvalue weighted by molar-refractivity contribution is 9.10. The number of ketones is 1. The van der Waals surface area contributed by atoms with Gasteiger partial charge >= 0.3 is 0 Å². The number of nitro groups is 1. The lowest BCUT2D eigenvalue weighted by Crippen LogP contribution is -2.14. The van der Waals surface area contributed by atoms with E-state index in [0.29, 0.717) is 16.5 Å². The summed E-state index contributed by atoms with van der Waals surface area (Å²) in [5.41, 5.74) is 1.44. The Balaban J connectivity index is 2.20. The highest BCUT2D eigenvalue weighted by atomic mass is 79.9. The van der Waals surface area contributed by atoms with Crippen LogP contribution in [0.15, 0.2) is 53.0 Å². The molecule has 0 aliphatic heterocycles. The number of halogens is 1. The van der Waals surface area contributed by atoms with E-state index in [0.717, 1.165) is 5.56 Å². The lowest BCUT2D eigenvalue weighted by molar-refractivity contribution is -0.385. The van der Waals surface area contributed by atoms with E-state index in [9.17, 15) is 14.9 Å². The molecule has 0 N–H and O–H groups in total. The van der Waals surface area contributed by atoms with Crippen molar-refractivity contribution in [3.05, 3.63) is 74.2 Å². The van der Waals surface area contributed by atoms with Crippen LogP contribution in [0, 0.1) is 16.0 Å². The van der Waals surface area contributed by atoms with Crippen LogP contribution >= 0.6 is 15.9 Å². The van der Waals surface area contributed by atoms with Gasteiger partial charge in [0.05, 0.1) is 9.40 Å². The molecule has 4 nitrogen and oxygen atoms in total. The van der Waals surface area contributed by atoms with Gasteiger partial charge in [-0.05, 0) is 27.9 Å². The van der Waals surface area contributed by atoms with Crippen molar-refractivity contribution in [2.75, 3.05) is 0 Å². The molecule has 2 aromatic carbocycles. The second kappa shape index (κ2) is 6.63. The Morgan fingerprint density at radius 1 is 1.19 bits per heavy atom. The molecular weight excluding hydrogens is 334 g/mol. The summed E-state index contributed by atoms with van der Waals surface area (Å²) >= 11 is 3.26. The first-order valence-electron chi connectivity index (χ1n) is 6.51. The molecule has 1 atom stereocenters. The minimum atomic E-state index is -0.433. The average molecular weight is 348 g/mol. The van der Waals surface area contributed by atoms with Crippen LogP contribution in [0.5, 0.6) is 0 Å². The van der Waals surface area contributed by atoms with Gasteiger partial charge in [-0.25, -0.2) is 0 Å². The minimum Gasteiger partial charge on any atom is -0.294 e. The molecule has 2 aromatic rings. The predicted octanol–water partition coefficient (Wildman–Crippen LogP) is 4.42. The Morgan fingerprint density at radius 2 is 1.86 bits per heavy atom. The molecule has 108 valence electrons. The van der Waals surface area contributed by atoms with Crippen molar-refractivity contribution in [1.29, 1.82) is 0 Å². The largest absolute Gasteiger partial charge is 0.294 e. The van der Waals surface area contributed by atoms with Crippen LogP contribution in [-0.2, 0) is 6.42 Å². The van der Waals surface area contributed by atoms with E-state index in [2.05, 4.69) is 15.9 Å². The van der Waals surface area contributed by atoms with E-state index in [1.807, 2.05) is 25.1 Å². The molecule has 0 aliphatic carbocycles. The SMILES string of the molecule is CC(Cc1cccc([N+](=O)[O-])c1Br)C(=O)c1ccccc1. The van der Waals surface area contributed by atoms with Crippen LogP contribution in [0.3, 0.4) is 0 Å². The first kappa shape index (κ1) is 15.4. The summed E-state index contributed by atoms with van der Waals surface area (Å²) in [6, 6.07) is 13.9. The van der Waals surface area contributed by atoms with E-state index in [1.165, 1.54) is 6.07 Å². The second-order valence-corrected chi connectivity index (χ2v) is 5.64. The molecule has 0 heterocycles. The van der Waals surface area contributed by atoms with Gasteiger partial charge < -0.3 is 0 Å². The molecule has 0 fully saturated rings. The third-order valence-corrected chi connectivity index (χ3v) is 4.20. The van der Waals surface area contributed by atoms with Gasteiger partial charge in [0.1, 0.15) is 0 Å². The fourth-order valence-electron chi connectivity index (χ4n) is 2.17. The summed E-state index contributed by atoms with van der Waals surface area (Å²) < 4.78 is 0.447. The van der Waals surface area contributed by atoms with E-state index in [-0.39, 0.29) is 17.4 Å². The molecule has 1 unspecified atom stereocenters. The Hall–Kier alpha value is -2.01. The zero-order chi connectivity index (χ0) is 15.4. The number of benzene rings is 2. The van der Waals surface area contributed by atoms with Crippen molar-refractivity contribution < 1.29 is 9.72 Å². The van der Waals surface area contributed by atoms with Gasteiger partial charge in [-0.1, -0.05) is 49.4 Å². The van der Waals surface area contributed by atoms with Crippen molar-refractivity contribution in [2.24, 2.45) is 5.92 Å². The van der Waals surface area contributed by atoms with Gasteiger partial charge in [-0.2, -0.15) is 0 Å². The molecule has 0 saturated carbocycles. The van der Waals surface area contributed by atoms with Crippen molar-refractivity contribution in [3.63, 3.8) is 0 Å². The summed E-state index contributed by atoms with van der Waals surface area (Å²) in [7, 11) is 0. The molecule has 0 amide bonds. The van der Waals surface area contributed by atoms with Crippen molar-refractivity contribution in [1.82, 2.24) is 0 Å². The molecule has 5 heteroatoms. The Kier molecular flexibility index (Phi) is 4.85. The predicted molar refractivity (Wildman–Crippen MR) is 84.4 cm³/mol. The maximum absolute atomic E-state index is 12.3. The number of nitrogens with zero attached hydrogens (tertiary/aromatic N) is 1. The van der Waals surface area contributed by atoms with Gasteiger partial charge in [0.25, 0.3) is 5.69 Å². The summed E-state index contributed by atoms with van der Waals surface area (Å²) in [4.78, 5) is 22.8. The van der Waals surface area contributed by atoms with Crippen molar-refractivity contribution in [2.45, 2.75) is 13.3 Å². The molecule has 0 radical (unpaired) electrons. The average Bonchev–Trinajstić information content (AvgIpc) is 2.49. The number of nitro benzene ring substituents is 1. The van der Waals surface area contributed by atoms with E-state index in [1.54, 1.807) is 24.3 Å². The highest BCUT2D eigenvalue weighted by Gasteiger charge is 2.20. The molecule has 2 rings (SSSR count). The fourth-order valence-corrected chi connectivity index (χ4v) is 2.75. The Morgan fingerprint density at radius 3 is 2.48 bits per heavy atom. The maximum Gasteiger partial charge on any atom is 0.283 e. The number of hydrogen-bond acceptors (Lipinski definition) is 3. The summed E-state index contributed by atoms with van der Waals surface area (Å²) in [6.45, 7) is 1.83. The highest BCUT2D eigenvalue weighted by Crippen LogP contribution is 2.30. The normalized spacial score (nSPS) is 11.9. The molecule has 0 aromatic heterocycles. The fraction of sp³-hybridized carbons (Fsp3) is 0.188. The van der Waals surface area contributed by atoms with Crippen LogP contribution in [0.2, 0.25) is 0 Å². The van der Waals surface area contributed by atoms with Gasteiger partial charge in [0.2, 0.25) is 0 Å². The van der Waals surface area contributed by atoms with E-state index in [4.69, 9.17) is 0 Å². The van der Waals surface area contributed by atoms with E-state index >= 15 is 0 Å². The molecular formula is C16H14BrNO3. The first-order valence-corrected chi connectivity index (χ1v) is 7.31. The topological polar surface area (TPSA) is 60.2 Å². The minimum absolute atomic E-state index is 0.0202. The zero-order valence-electron chi connectivity index (χ0n) is 11.5. The number of carbonyl (C=O) groups is 1. The molecule has 0 spiro atoms. The number of rotatable bonds is 5. The Bertz CT molecular complexity index is 670. The monoisotopic (exact) mass is 347 g/mol. The number of hydrogen-bond donors (Lipinski definition) is 0. The summed E-state index contributed by atoms with van der Waals surface area (Å²) in [5.74, 6) is -0.209. The molecule has 0 aliphatic rings. The van der Waals surface area contributed by atoms with Crippen molar-refractivity contribution in [3.8, 4) is 0 Å². The Labute approximate surface area is 131 Å². The standard InChI is InChI=1S/C16H14BrNO3/c1-11(16(19)12-6-3-2-4-7-12)10-13-8-5-9-14(15(13)17)18(20)21/h2-9,11H,10H2,1H3. The quantitative estimate of drug-likeness (QED) is 0.457. The lowest BCUT2D eigenvalue weighted by atomic mass is 9.93. The van der Waals surface area contributed by atoms with Crippen LogP contribution in [-0.4, -0.2) is 10.7 Å². The van der Waals surface area contributed by atoms with Crippen LogP contribution in [0.4, 0.5) is 5.69 Å². The molecule has 0 saturated heterocycles. The van der Waals surface area contributed by atoms with Gasteiger partial charge in [-0.3, -0.25) is 14.9 Å². The maximum atomic E-state index is 12.3. The van der Waals surface area contributed by atoms with E-state index < -0.39 is 4.92 Å². The molecule has 21 heavy (non-hydrogen) atoms. The third-order valence-electron chi connectivity index (χ3n) is 3.29. The van der Waals surface area contributed by atoms with Gasteiger partial charge in [0, 0.05) is 17.5 Å². The summed E-state index contributed by atoms with van der Waals surface area (Å²) in [5, 5.41) is 10.9. The van der Waals surface area contributed by atoms with Crippen molar-refractivity contribution >= 4 is 27.4 Å². The first-order chi connectivity index (χ1) is 10.0. The lowest BCUT2D eigenvalue weighted by Gasteiger charge is -2.12. The van der Waals surface area contributed by atoms with Gasteiger partial charge in [0.15, 0.2) is 5.78 Å². The third kappa shape index (κ3) is 3.55. The van der Waals surface area contributed by atoms with Gasteiger partial charge in [-0.15, -0.1) is 0 Å². The number of Topliss-reactive ketones (excluding diaryl/α,β-unsaturated/α-hetero) is 1. The molecule has 0 bridgehead atoms. The zero-order valence-corrected chi connectivity index (χ0v) is 13.0. The smallest absolute Gasteiger partial charge is 0.283 e. The number of carbonyl (C=O) groups excluding carboxylic acids is 1. The van der Waals surface area contributed by atoms with Crippen LogP contribution < -0.4 is 0 Å². The van der Waals surface area contributed by atoms with Crippen LogP contribution in [0.1, 0.15) is 22.8 Å². The van der Waals surface area contributed by atoms with Crippen LogP contribution in [0.25, 0.3) is 0 Å². The summed E-state index contributed by atoms with van der Waals surface area (Å²) in [6.07, 6.45) is 0.454. The second-order valence-electron chi connectivity index (χ2n) is 4.84.